The van der Waals surface area contributed by atoms with Gasteiger partial charge in [-0.25, -0.2) is 4.79 Å². The van der Waals surface area contributed by atoms with Crippen LogP contribution in [0, 0.1) is 5.92 Å². The summed E-state index contributed by atoms with van der Waals surface area (Å²) >= 11 is 0. The van der Waals surface area contributed by atoms with Crippen molar-refractivity contribution < 1.29 is 19.1 Å². The largest absolute Gasteiger partial charge is 0.460 e. The van der Waals surface area contributed by atoms with Gasteiger partial charge in [0.15, 0.2) is 0 Å². The highest BCUT2D eigenvalue weighted by molar-refractivity contribution is 6.01. The number of nitrogens with zero attached hydrogens (tertiary/aromatic N) is 1. The monoisotopic (exact) mass is 280 g/mol. The lowest BCUT2D eigenvalue weighted by Gasteiger charge is -2.11. The van der Waals surface area contributed by atoms with Crippen molar-refractivity contribution in [3.63, 3.8) is 0 Å². The number of likely N-dealkylation sites (tertiary alicyclic amines) is 1. The number of ether oxygens (including phenoxy) is 1. The Morgan fingerprint density at radius 2 is 2.25 bits per heavy atom. The molecular weight excluding hydrogens is 260 g/mol. The van der Waals surface area contributed by atoms with Crippen LogP contribution in [0.2, 0.25) is 0 Å². The number of hydrogen-bond donors (Lipinski definition) is 1. The van der Waals surface area contributed by atoms with Crippen molar-refractivity contribution in [2.75, 3.05) is 19.7 Å². The first-order valence-electron chi connectivity index (χ1n) is 6.52. The highest BCUT2D eigenvalue weighted by Crippen LogP contribution is 2.17. The Hall–Kier alpha value is -2.11. The Balaban J connectivity index is 2.29. The number of carbonyl (C=O) groups excluding carboxylic acids is 3. The second-order valence-electron chi connectivity index (χ2n) is 4.45. The molecule has 6 heteroatoms. The number of carbonyl (C=O) groups is 3. The molecule has 1 aliphatic rings. The molecule has 0 radical (unpaired) electrons. The molecule has 0 aromatic heterocycles. The summed E-state index contributed by atoms with van der Waals surface area (Å²) < 4.78 is 4.94. The third kappa shape index (κ3) is 3.94. The second kappa shape index (κ2) is 7.47. The van der Waals surface area contributed by atoms with Crippen LogP contribution in [0.5, 0.6) is 0 Å². The minimum atomic E-state index is -0.666. The molecule has 0 bridgehead atoms. The van der Waals surface area contributed by atoms with Crippen molar-refractivity contribution in [3.8, 4) is 0 Å². The maximum Gasteiger partial charge on any atom is 0.333 e. The van der Waals surface area contributed by atoms with E-state index in [1.165, 1.54) is 11.1 Å². The minimum Gasteiger partial charge on any atom is -0.460 e. The number of amides is 2. The summed E-state index contributed by atoms with van der Waals surface area (Å²) in [7, 11) is 0. The first-order chi connectivity index (χ1) is 9.51. The van der Waals surface area contributed by atoms with Gasteiger partial charge < -0.3 is 15.0 Å². The molecule has 110 valence electrons. The summed E-state index contributed by atoms with van der Waals surface area (Å²) in [6.07, 6.45) is 3.56. The van der Waals surface area contributed by atoms with Crippen molar-refractivity contribution in [3.05, 3.63) is 24.4 Å². The Labute approximate surface area is 118 Å². The van der Waals surface area contributed by atoms with E-state index in [1.807, 2.05) is 0 Å². The molecule has 1 saturated heterocycles. The summed E-state index contributed by atoms with van der Waals surface area (Å²) in [4.78, 5) is 36.3. The second-order valence-corrected chi connectivity index (χ2v) is 4.45. The zero-order valence-electron chi connectivity index (χ0n) is 11.8. The average molecular weight is 280 g/mol. The average Bonchev–Trinajstić information content (AvgIpc) is 2.83. The number of esters is 1. The Morgan fingerprint density at radius 1 is 1.55 bits per heavy atom. The van der Waals surface area contributed by atoms with Crippen molar-refractivity contribution in [2.45, 2.75) is 20.3 Å². The van der Waals surface area contributed by atoms with Crippen LogP contribution >= 0.6 is 0 Å². The third-order valence-electron chi connectivity index (χ3n) is 3.17. The molecule has 1 fully saturated rings. The van der Waals surface area contributed by atoms with Crippen molar-refractivity contribution >= 4 is 17.8 Å². The summed E-state index contributed by atoms with van der Waals surface area (Å²) in [5.41, 5.74) is 0.518. The van der Waals surface area contributed by atoms with E-state index in [9.17, 15) is 14.4 Å². The van der Waals surface area contributed by atoms with Crippen LogP contribution in [-0.4, -0.2) is 42.4 Å². The summed E-state index contributed by atoms with van der Waals surface area (Å²) in [6.45, 7) is 7.71. The van der Waals surface area contributed by atoms with Gasteiger partial charge in [-0.05, 0) is 26.5 Å². The third-order valence-corrected chi connectivity index (χ3v) is 3.17. The number of hydrogen-bond acceptors (Lipinski definition) is 4. The molecule has 20 heavy (non-hydrogen) atoms. The van der Waals surface area contributed by atoms with Gasteiger partial charge in [-0.2, -0.15) is 0 Å². The lowest BCUT2D eigenvalue weighted by Crippen LogP contribution is -2.37. The maximum absolute atomic E-state index is 11.8. The SMILES string of the molecule is C=CN1CCC(C(=O)NCCOC(=O)/C(C)=C\C)C1=O. The van der Waals surface area contributed by atoms with E-state index in [4.69, 9.17) is 4.74 Å². The highest BCUT2D eigenvalue weighted by Gasteiger charge is 2.35. The van der Waals surface area contributed by atoms with Gasteiger partial charge >= 0.3 is 5.97 Å². The van der Waals surface area contributed by atoms with E-state index >= 15 is 0 Å². The van der Waals surface area contributed by atoms with Gasteiger partial charge in [-0.15, -0.1) is 0 Å². The topological polar surface area (TPSA) is 75.7 Å². The quantitative estimate of drug-likeness (QED) is 0.335. The summed E-state index contributed by atoms with van der Waals surface area (Å²) in [6, 6.07) is 0. The molecule has 1 unspecified atom stereocenters. The fourth-order valence-corrected chi connectivity index (χ4v) is 1.80. The van der Waals surface area contributed by atoms with E-state index in [2.05, 4.69) is 11.9 Å². The van der Waals surface area contributed by atoms with E-state index in [1.54, 1.807) is 19.9 Å². The molecule has 1 rings (SSSR count). The van der Waals surface area contributed by atoms with Crippen molar-refractivity contribution in [1.82, 2.24) is 10.2 Å². The van der Waals surface area contributed by atoms with Crippen LogP contribution < -0.4 is 5.32 Å². The molecule has 0 aliphatic carbocycles. The lowest BCUT2D eigenvalue weighted by molar-refractivity contribution is -0.141. The van der Waals surface area contributed by atoms with Gasteiger partial charge in [0.25, 0.3) is 0 Å². The van der Waals surface area contributed by atoms with Gasteiger partial charge in [0.05, 0.1) is 6.54 Å². The van der Waals surface area contributed by atoms with Gasteiger partial charge in [0.2, 0.25) is 11.8 Å². The van der Waals surface area contributed by atoms with Gasteiger partial charge in [0.1, 0.15) is 12.5 Å². The Morgan fingerprint density at radius 3 is 2.80 bits per heavy atom. The van der Waals surface area contributed by atoms with Crippen LogP contribution in [0.25, 0.3) is 0 Å². The molecule has 1 aliphatic heterocycles. The molecule has 1 N–H and O–H groups in total. The fraction of sp³-hybridized carbons (Fsp3) is 0.500. The zero-order valence-corrected chi connectivity index (χ0v) is 11.8. The predicted molar refractivity (Wildman–Crippen MR) is 73.4 cm³/mol. The van der Waals surface area contributed by atoms with Gasteiger partial charge in [0, 0.05) is 12.1 Å². The summed E-state index contributed by atoms with van der Waals surface area (Å²) in [5, 5.41) is 2.59. The van der Waals surface area contributed by atoms with Crippen LogP contribution in [0.1, 0.15) is 20.3 Å². The number of allylic oxidation sites excluding steroid dienone is 1. The van der Waals surface area contributed by atoms with Crippen molar-refractivity contribution in [2.24, 2.45) is 5.92 Å². The summed E-state index contributed by atoms with van der Waals surface area (Å²) in [5.74, 6) is -1.64. The molecule has 2 amide bonds. The first kappa shape index (κ1) is 15.9. The molecular formula is C14H20N2O4. The zero-order chi connectivity index (χ0) is 15.1. The predicted octanol–water partition coefficient (Wildman–Crippen LogP) is 0.604. The van der Waals surface area contributed by atoms with Crippen LogP contribution in [-0.2, 0) is 19.1 Å². The van der Waals surface area contributed by atoms with E-state index < -0.39 is 11.9 Å². The maximum atomic E-state index is 11.8. The van der Waals surface area contributed by atoms with Gasteiger partial charge in [-0.3, -0.25) is 9.59 Å². The molecule has 1 atom stereocenters. The van der Waals surface area contributed by atoms with Crippen molar-refractivity contribution in [1.29, 1.82) is 0 Å². The minimum absolute atomic E-state index is 0.0852. The van der Waals surface area contributed by atoms with Crippen LogP contribution in [0.4, 0.5) is 0 Å². The smallest absolute Gasteiger partial charge is 0.333 e. The Bertz CT molecular complexity index is 442. The van der Waals surface area contributed by atoms with E-state index in [-0.39, 0.29) is 25.0 Å². The lowest BCUT2D eigenvalue weighted by atomic mass is 10.1. The number of nitrogens with one attached hydrogen (secondary N) is 1. The Kier molecular flexibility index (Phi) is 5.96. The fourth-order valence-electron chi connectivity index (χ4n) is 1.80. The molecule has 0 aromatic rings. The number of rotatable bonds is 6. The molecule has 0 saturated carbocycles. The normalized spacial score (nSPS) is 18.9. The van der Waals surface area contributed by atoms with Crippen LogP contribution in [0.15, 0.2) is 24.4 Å². The highest BCUT2D eigenvalue weighted by atomic mass is 16.5. The standard InChI is InChI=1S/C14H20N2O4/c1-4-10(3)14(19)20-9-7-15-12(17)11-6-8-16(5-2)13(11)18/h4-5,11H,2,6-9H2,1,3H3,(H,15,17)/b10-4-. The van der Waals surface area contributed by atoms with Gasteiger partial charge in [-0.1, -0.05) is 12.7 Å². The molecule has 6 nitrogen and oxygen atoms in total. The van der Waals surface area contributed by atoms with Crippen LogP contribution in [0.3, 0.4) is 0 Å². The van der Waals surface area contributed by atoms with E-state index in [0.717, 1.165) is 0 Å². The molecule has 0 aromatic carbocycles. The molecule has 0 spiro atoms. The van der Waals surface area contributed by atoms with E-state index in [0.29, 0.717) is 18.5 Å². The molecule has 1 heterocycles. The first-order valence-corrected chi connectivity index (χ1v) is 6.52.